The Kier molecular flexibility index (Phi) is 5.59. The molecule has 0 aliphatic carbocycles. The molecule has 2 N–H and O–H groups in total. The highest BCUT2D eigenvalue weighted by molar-refractivity contribution is 5.77. The minimum Gasteiger partial charge on any atom is -0.481 e. The number of hydrogen-bond donors (Lipinski definition) is 2. The first-order chi connectivity index (χ1) is 8.39. The van der Waals surface area contributed by atoms with Gasteiger partial charge in [-0.05, 0) is 46.2 Å². The first-order valence-electron chi connectivity index (χ1n) is 6.64. The molecule has 0 unspecified atom stereocenters. The number of carboxylic acid groups (broad SMARTS) is 1. The summed E-state index contributed by atoms with van der Waals surface area (Å²) in [6.45, 7) is 6.72. The molecule has 1 rings (SSSR count). The van der Waals surface area contributed by atoms with Crippen LogP contribution in [0.25, 0.3) is 0 Å². The zero-order chi connectivity index (χ0) is 13.6. The van der Waals surface area contributed by atoms with Crippen molar-refractivity contribution in [3.63, 3.8) is 0 Å². The molecule has 1 saturated heterocycles. The predicted octanol–water partition coefficient (Wildman–Crippen LogP) is 1.23. The van der Waals surface area contributed by atoms with E-state index in [2.05, 4.69) is 10.2 Å². The fourth-order valence-corrected chi connectivity index (χ4v) is 2.19. The van der Waals surface area contributed by atoms with Crippen molar-refractivity contribution in [2.45, 2.75) is 51.5 Å². The Balaban J connectivity index is 2.22. The van der Waals surface area contributed by atoms with Crippen molar-refractivity contribution in [1.29, 1.82) is 0 Å². The molecule has 1 amide bonds. The molecule has 18 heavy (non-hydrogen) atoms. The van der Waals surface area contributed by atoms with Crippen molar-refractivity contribution in [3.8, 4) is 0 Å². The number of amides is 1. The zero-order valence-electron chi connectivity index (χ0n) is 11.4. The van der Waals surface area contributed by atoms with Crippen molar-refractivity contribution in [2.24, 2.45) is 0 Å². The fraction of sp³-hybridized carbons (Fsp3) is 0.846. The standard InChI is InChI=1S/C13H24N2O3/c1-13(2,7-5-12(17)18)14-11(16)6-10-15-8-3-4-9-15/h3-10H2,1-2H3,(H,14,16)(H,17,18). The summed E-state index contributed by atoms with van der Waals surface area (Å²) in [7, 11) is 0. The topological polar surface area (TPSA) is 69.6 Å². The van der Waals surface area contributed by atoms with Crippen LogP contribution in [-0.4, -0.2) is 47.1 Å². The molecule has 1 aliphatic rings. The van der Waals surface area contributed by atoms with Gasteiger partial charge in [-0.1, -0.05) is 0 Å². The van der Waals surface area contributed by atoms with Gasteiger partial charge in [0.15, 0.2) is 0 Å². The van der Waals surface area contributed by atoms with Crippen LogP contribution >= 0.6 is 0 Å². The SMILES string of the molecule is CC(C)(CCC(=O)O)NC(=O)CCN1CCCC1. The molecule has 0 aromatic rings. The second-order valence-corrected chi connectivity index (χ2v) is 5.62. The summed E-state index contributed by atoms with van der Waals surface area (Å²) in [4.78, 5) is 24.6. The van der Waals surface area contributed by atoms with E-state index >= 15 is 0 Å². The molecule has 0 spiro atoms. The van der Waals surface area contributed by atoms with E-state index in [0.717, 1.165) is 19.6 Å². The number of nitrogens with one attached hydrogen (secondary N) is 1. The number of carbonyl (C=O) groups is 2. The molecule has 5 nitrogen and oxygen atoms in total. The Morgan fingerprint density at radius 1 is 1.22 bits per heavy atom. The van der Waals surface area contributed by atoms with Crippen molar-refractivity contribution >= 4 is 11.9 Å². The molecular formula is C13H24N2O3. The summed E-state index contributed by atoms with van der Waals surface area (Å²) in [5.74, 6) is -0.813. The first-order valence-corrected chi connectivity index (χ1v) is 6.64. The number of nitrogens with zero attached hydrogens (tertiary/aromatic N) is 1. The van der Waals surface area contributed by atoms with Crippen LogP contribution in [0.2, 0.25) is 0 Å². The normalized spacial score (nSPS) is 16.8. The second kappa shape index (κ2) is 6.73. The minimum absolute atomic E-state index is 0.0114. The third-order valence-corrected chi connectivity index (χ3v) is 3.30. The third kappa shape index (κ3) is 6.00. The summed E-state index contributed by atoms with van der Waals surface area (Å²) in [6, 6.07) is 0. The minimum atomic E-state index is -0.825. The summed E-state index contributed by atoms with van der Waals surface area (Å²) in [6.07, 6.45) is 3.49. The maximum Gasteiger partial charge on any atom is 0.303 e. The molecule has 1 aliphatic heterocycles. The predicted molar refractivity (Wildman–Crippen MR) is 69.4 cm³/mol. The van der Waals surface area contributed by atoms with E-state index in [1.807, 2.05) is 13.8 Å². The van der Waals surface area contributed by atoms with E-state index in [-0.39, 0.29) is 12.3 Å². The van der Waals surface area contributed by atoms with Crippen LogP contribution in [0, 0.1) is 0 Å². The van der Waals surface area contributed by atoms with Crippen LogP contribution in [0.4, 0.5) is 0 Å². The lowest BCUT2D eigenvalue weighted by Crippen LogP contribution is -2.44. The van der Waals surface area contributed by atoms with Gasteiger partial charge in [-0.15, -0.1) is 0 Å². The smallest absolute Gasteiger partial charge is 0.303 e. The quantitative estimate of drug-likeness (QED) is 0.719. The van der Waals surface area contributed by atoms with E-state index in [4.69, 9.17) is 5.11 Å². The van der Waals surface area contributed by atoms with E-state index in [9.17, 15) is 9.59 Å². The van der Waals surface area contributed by atoms with Crippen LogP contribution in [0.15, 0.2) is 0 Å². The van der Waals surface area contributed by atoms with Gasteiger partial charge >= 0.3 is 5.97 Å². The van der Waals surface area contributed by atoms with E-state index in [1.165, 1.54) is 12.8 Å². The average Bonchev–Trinajstić information content (AvgIpc) is 2.76. The van der Waals surface area contributed by atoms with Gasteiger partial charge in [0.25, 0.3) is 0 Å². The van der Waals surface area contributed by atoms with Crippen LogP contribution in [0.3, 0.4) is 0 Å². The molecule has 104 valence electrons. The zero-order valence-corrected chi connectivity index (χ0v) is 11.4. The summed E-state index contributed by atoms with van der Waals surface area (Å²) >= 11 is 0. The van der Waals surface area contributed by atoms with Gasteiger partial charge in [-0.25, -0.2) is 0 Å². The van der Waals surface area contributed by atoms with Crippen molar-refractivity contribution in [2.75, 3.05) is 19.6 Å². The fourth-order valence-electron chi connectivity index (χ4n) is 2.19. The van der Waals surface area contributed by atoms with Crippen LogP contribution in [-0.2, 0) is 9.59 Å². The van der Waals surface area contributed by atoms with E-state index in [1.54, 1.807) is 0 Å². The van der Waals surface area contributed by atoms with Gasteiger partial charge in [0.2, 0.25) is 5.91 Å². The maximum absolute atomic E-state index is 11.8. The van der Waals surface area contributed by atoms with Gasteiger partial charge < -0.3 is 15.3 Å². The highest BCUT2D eigenvalue weighted by Gasteiger charge is 2.22. The average molecular weight is 256 g/mol. The molecule has 0 radical (unpaired) electrons. The summed E-state index contributed by atoms with van der Waals surface area (Å²) in [5, 5.41) is 11.5. The lowest BCUT2D eigenvalue weighted by molar-refractivity contribution is -0.137. The molecular weight excluding hydrogens is 232 g/mol. The molecule has 1 fully saturated rings. The molecule has 0 aromatic heterocycles. The van der Waals surface area contributed by atoms with Gasteiger partial charge in [-0.3, -0.25) is 9.59 Å². The number of likely N-dealkylation sites (tertiary alicyclic amines) is 1. The maximum atomic E-state index is 11.8. The number of carboxylic acids is 1. The Labute approximate surface area is 109 Å². The lowest BCUT2D eigenvalue weighted by atomic mass is 9.98. The van der Waals surface area contributed by atoms with Crippen LogP contribution < -0.4 is 5.32 Å². The number of rotatable bonds is 7. The number of carbonyl (C=O) groups excluding carboxylic acids is 1. The number of hydrogen-bond acceptors (Lipinski definition) is 3. The highest BCUT2D eigenvalue weighted by Crippen LogP contribution is 2.12. The summed E-state index contributed by atoms with van der Waals surface area (Å²) < 4.78 is 0. The second-order valence-electron chi connectivity index (χ2n) is 5.62. The van der Waals surface area contributed by atoms with Gasteiger partial charge in [-0.2, -0.15) is 0 Å². The molecule has 0 atom stereocenters. The molecule has 5 heteroatoms. The molecule has 0 aromatic carbocycles. The summed E-state index contributed by atoms with van der Waals surface area (Å²) in [5.41, 5.74) is -0.444. The third-order valence-electron chi connectivity index (χ3n) is 3.30. The molecule has 1 heterocycles. The van der Waals surface area contributed by atoms with E-state index in [0.29, 0.717) is 12.8 Å². The lowest BCUT2D eigenvalue weighted by Gasteiger charge is -2.26. The Hall–Kier alpha value is -1.10. The monoisotopic (exact) mass is 256 g/mol. The van der Waals surface area contributed by atoms with E-state index < -0.39 is 11.5 Å². The van der Waals surface area contributed by atoms with Crippen LogP contribution in [0.1, 0.15) is 46.0 Å². The Bertz CT molecular complexity index is 297. The van der Waals surface area contributed by atoms with Crippen molar-refractivity contribution in [3.05, 3.63) is 0 Å². The van der Waals surface area contributed by atoms with Crippen molar-refractivity contribution < 1.29 is 14.7 Å². The van der Waals surface area contributed by atoms with Gasteiger partial charge in [0.1, 0.15) is 0 Å². The Morgan fingerprint density at radius 2 is 1.83 bits per heavy atom. The van der Waals surface area contributed by atoms with Crippen molar-refractivity contribution in [1.82, 2.24) is 10.2 Å². The molecule has 0 bridgehead atoms. The van der Waals surface area contributed by atoms with Gasteiger partial charge in [0.05, 0.1) is 0 Å². The molecule has 0 saturated carbocycles. The highest BCUT2D eigenvalue weighted by atomic mass is 16.4. The van der Waals surface area contributed by atoms with Crippen LogP contribution in [0.5, 0.6) is 0 Å². The number of aliphatic carboxylic acids is 1. The largest absolute Gasteiger partial charge is 0.481 e. The first kappa shape index (κ1) is 15.0. The Morgan fingerprint density at radius 3 is 2.39 bits per heavy atom. The van der Waals surface area contributed by atoms with Gasteiger partial charge in [0, 0.05) is 24.9 Å².